The molecule has 3 rings (SSSR count). The summed E-state index contributed by atoms with van der Waals surface area (Å²) in [6, 6.07) is 7.28. The fourth-order valence-electron chi connectivity index (χ4n) is 3.77. The molecule has 10 heteroatoms. The summed E-state index contributed by atoms with van der Waals surface area (Å²) in [5, 5.41) is 26.8. The lowest BCUT2D eigenvalue weighted by molar-refractivity contribution is 0.0965. The van der Waals surface area contributed by atoms with Gasteiger partial charge in [-0.2, -0.15) is 4.52 Å². The molecule has 0 unspecified atom stereocenters. The number of ether oxygens (including phenoxy) is 2. The molecule has 0 amide bonds. The molecule has 0 aliphatic carbocycles. The number of carbonyl (C=O) groups is 1. The average Bonchev–Trinajstić information content (AvgIpc) is 3.14. The van der Waals surface area contributed by atoms with E-state index >= 15 is 0 Å². The third kappa shape index (κ3) is 6.64. The van der Waals surface area contributed by atoms with Gasteiger partial charge in [-0.3, -0.25) is 10.2 Å². The van der Waals surface area contributed by atoms with E-state index in [-0.39, 0.29) is 55.1 Å². The highest BCUT2D eigenvalue weighted by molar-refractivity contribution is 5.96. The molecule has 0 saturated heterocycles. The van der Waals surface area contributed by atoms with Crippen molar-refractivity contribution in [3.63, 3.8) is 0 Å². The lowest BCUT2D eigenvalue weighted by Crippen LogP contribution is -2.27. The maximum absolute atomic E-state index is 13.3. The Kier molecular flexibility index (Phi) is 10.1. The average molecular weight is 520 g/mol. The van der Waals surface area contributed by atoms with Crippen LogP contribution in [0.1, 0.15) is 75.9 Å². The first-order valence-electron chi connectivity index (χ1n) is 12.2. The minimum Gasteiger partial charge on any atom is -0.491 e. The fraction of sp³-hybridized carbons (Fsp3) is 0.538. The van der Waals surface area contributed by atoms with Crippen LogP contribution in [-0.4, -0.2) is 49.6 Å². The smallest absolute Gasteiger partial charge is 0.242 e. The molecular weight excluding hydrogens is 482 g/mol. The number of Topliss-reactive ketones (excluding diaryl/α,β-unsaturated/α-hetero) is 1. The van der Waals surface area contributed by atoms with Crippen molar-refractivity contribution < 1.29 is 19.4 Å². The van der Waals surface area contributed by atoms with Crippen molar-refractivity contribution in [2.24, 2.45) is 0 Å². The number of aryl methyl sites for hydroxylation is 1. The predicted molar refractivity (Wildman–Crippen MR) is 141 cm³/mol. The van der Waals surface area contributed by atoms with E-state index in [0.717, 1.165) is 24.0 Å². The Bertz CT molecular complexity index is 1240. The number of hydrogen-bond donors (Lipinski definition) is 2. The summed E-state index contributed by atoms with van der Waals surface area (Å²) in [6.07, 6.45) is 2.46. The molecule has 0 aliphatic rings. The molecule has 0 radical (unpaired) electrons. The third-order valence-electron chi connectivity index (χ3n) is 5.97. The number of aliphatic hydroxyl groups excluding tert-OH is 1. The zero-order valence-corrected chi connectivity index (χ0v) is 22.8. The van der Waals surface area contributed by atoms with Gasteiger partial charge in [-0.25, -0.2) is 4.68 Å². The Labute approximate surface area is 218 Å². The van der Waals surface area contributed by atoms with Crippen LogP contribution in [0.5, 0.6) is 11.6 Å². The minimum absolute atomic E-state index is 0. The lowest BCUT2D eigenvalue weighted by Gasteiger charge is -2.21. The van der Waals surface area contributed by atoms with E-state index in [1.807, 2.05) is 25.1 Å². The summed E-state index contributed by atoms with van der Waals surface area (Å²) in [4.78, 5) is 13.3. The maximum atomic E-state index is 13.3. The van der Waals surface area contributed by atoms with Crippen LogP contribution < -0.4 is 15.1 Å². The highest BCUT2D eigenvalue weighted by atomic mass is 35.5. The number of ketones is 1. The number of carbonyl (C=O) groups excluding carboxylic acids is 1. The van der Waals surface area contributed by atoms with Gasteiger partial charge in [0.25, 0.3) is 0 Å². The van der Waals surface area contributed by atoms with Crippen molar-refractivity contribution >= 4 is 23.8 Å². The highest BCUT2D eigenvalue weighted by Gasteiger charge is 2.20. The lowest BCUT2D eigenvalue weighted by atomic mass is 9.85. The SMILES string of the molecule is CCc1cc(OC(CC)CC)nn2c(=N)n(CC(=O)c3cc(OCCO)cc(C(C)(C)C)c3)nc12.Cl. The zero-order valence-electron chi connectivity index (χ0n) is 22.0. The van der Waals surface area contributed by atoms with Gasteiger partial charge in [0.05, 0.1) is 12.7 Å². The number of aromatic nitrogens is 4. The molecule has 36 heavy (non-hydrogen) atoms. The number of nitrogens with one attached hydrogen (secondary N) is 1. The number of fused-ring (bicyclic) bond motifs is 1. The van der Waals surface area contributed by atoms with Gasteiger partial charge in [-0.1, -0.05) is 41.5 Å². The largest absolute Gasteiger partial charge is 0.491 e. The summed E-state index contributed by atoms with van der Waals surface area (Å²) in [5.41, 5.74) is 2.65. The quantitative estimate of drug-likeness (QED) is 0.368. The van der Waals surface area contributed by atoms with Crippen LogP contribution in [0.4, 0.5) is 0 Å². The van der Waals surface area contributed by atoms with Crippen molar-refractivity contribution in [3.8, 4) is 11.6 Å². The number of halogens is 1. The van der Waals surface area contributed by atoms with Gasteiger partial charge >= 0.3 is 0 Å². The summed E-state index contributed by atoms with van der Waals surface area (Å²) in [6.45, 7) is 12.2. The maximum Gasteiger partial charge on any atom is 0.242 e. The summed E-state index contributed by atoms with van der Waals surface area (Å²) >= 11 is 0. The van der Waals surface area contributed by atoms with Crippen LogP contribution in [0, 0.1) is 5.41 Å². The Morgan fingerprint density at radius 3 is 2.39 bits per heavy atom. The van der Waals surface area contributed by atoms with Gasteiger partial charge in [0.1, 0.15) is 18.9 Å². The number of benzene rings is 1. The minimum atomic E-state index is -0.199. The molecule has 2 aromatic heterocycles. The van der Waals surface area contributed by atoms with E-state index in [0.29, 0.717) is 29.3 Å². The molecule has 0 bridgehead atoms. The molecule has 0 aliphatic heterocycles. The number of hydrogen-bond acceptors (Lipinski definition) is 7. The second-order valence-corrected chi connectivity index (χ2v) is 9.63. The van der Waals surface area contributed by atoms with E-state index in [1.165, 1.54) is 9.20 Å². The Balaban J connectivity index is 0.00000456. The van der Waals surface area contributed by atoms with Crippen LogP contribution in [-0.2, 0) is 18.4 Å². The molecule has 0 fully saturated rings. The third-order valence-corrected chi connectivity index (χ3v) is 5.97. The van der Waals surface area contributed by atoms with Crippen molar-refractivity contribution in [3.05, 3.63) is 46.6 Å². The normalized spacial score (nSPS) is 11.6. The topological polar surface area (TPSA) is 115 Å². The fourth-order valence-corrected chi connectivity index (χ4v) is 3.77. The zero-order chi connectivity index (χ0) is 25.8. The standard InChI is InChI=1S/C26H37N5O4.ClH/c1-7-17-14-23(35-20(8-2)9-3)28-31-24(17)29-30(25(31)27)16-22(33)18-12-19(26(4,5)6)15-21(13-18)34-11-10-32;/h12-15,20,27,32H,7-11,16H2,1-6H3;1H. The van der Waals surface area contributed by atoms with Crippen LogP contribution in [0.3, 0.4) is 0 Å². The predicted octanol–water partition coefficient (Wildman–Crippen LogP) is 4.11. The van der Waals surface area contributed by atoms with Crippen LogP contribution in [0.2, 0.25) is 0 Å². The second-order valence-electron chi connectivity index (χ2n) is 9.63. The first-order valence-corrected chi connectivity index (χ1v) is 12.2. The van der Waals surface area contributed by atoms with Gasteiger partial charge in [0.15, 0.2) is 11.4 Å². The van der Waals surface area contributed by atoms with Crippen LogP contribution in [0.25, 0.3) is 5.65 Å². The summed E-state index contributed by atoms with van der Waals surface area (Å²) in [7, 11) is 0. The Hall–Kier alpha value is -2.91. The molecule has 2 N–H and O–H groups in total. The van der Waals surface area contributed by atoms with Gasteiger partial charge < -0.3 is 14.6 Å². The van der Waals surface area contributed by atoms with Crippen LogP contribution in [0.15, 0.2) is 24.3 Å². The summed E-state index contributed by atoms with van der Waals surface area (Å²) in [5.74, 6) is 0.786. The van der Waals surface area contributed by atoms with Crippen molar-refractivity contribution in [1.29, 1.82) is 5.41 Å². The molecule has 2 heterocycles. The molecule has 1 aromatic carbocycles. The van der Waals surface area contributed by atoms with E-state index in [9.17, 15) is 4.79 Å². The molecule has 0 saturated carbocycles. The molecule has 198 valence electrons. The molecular formula is C26H38ClN5O4. The second kappa shape index (κ2) is 12.4. The van der Waals surface area contributed by atoms with Gasteiger partial charge in [-0.15, -0.1) is 22.6 Å². The molecule has 9 nitrogen and oxygen atoms in total. The van der Waals surface area contributed by atoms with Gasteiger partial charge in [0.2, 0.25) is 11.5 Å². The van der Waals surface area contributed by atoms with Crippen molar-refractivity contribution in [2.75, 3.05) is 13.2 Å². The van der Waals surface area contributed by atoms with Gasteiger partial charge in [0, 0.05) is 17.2 Å². The number of rotatable bonds is 11. The first kappa shape index (κ1) is 29.3. The molecule has 3 aromatic rings. The number of aliphatic hydroxyl groups is 1. The molecule has 0 atom stereocenters. The van der Waals surface area contributed by atoms with E-state index in [4.69, 9.17) is 20.0 Å². The Morgan fingerprint density at radius 1 is 1.11 bits per heavy atom. The molecule has 0 spiro atoms. The highest BCUT2D eigenvalue weighted by Crippen LogP contribution is 2.28. The first-order chi connectivity index (χ1) is 16.6. The van der Waals surface area contributed by atoms with E-state index in [2.05, 4.69) is 44.8 Å². The van der Waals surface area contributed by atoms with Crippen LogP contribution >= 0.6 is 12.4 Å². The van der Waals surface area contributed by atoms with E-state index < -0.39 is 0 Å². The monoisotopic (exact) mass is 519 g/mol. The van der Waals surface area contributed by atoms with Crippen molar-refractivity contribution in [1.82, 2.24) is 19.4 Å². The van der Waals surface area contributed by atoms with Gasteiger partial charge in [-0.05, 0) is 48.4 Å². The summed E-state index contributed by atoms with van der Waals surface area (Å²) < 4.78 is 14.4. The Morgan fingerprint density at radius 2 is 1.81 bits per heavy atom. The van der Waals surface area contributed by atoms with Crippen molar-refractivity contribution in [2.45, 2.75) is 78.9 Å². The van der Waals surface area contributed by atoms with E-state index in [1.54, 1.807) is 6.07 Å². The number of nitrogens with zero attached hydrogens (tertiary/aromatic N) is 4.